The van der Waals surface area contributed by atoms with Crippen molar-refractivity contribution in [1.82, 2.24) is 10.1 Å². The first-order chi connectivity index (χ1) is 16.2. The lowest BCUT2D eigenvalue weighted by molar-refractivity contribution is 0.102. The summed E-state index contributed by atoms with van der Waals surface area (Å²) >= 11 is 0. The van der Waals surface area contributed by atoms with Gasteiger partial charge < -0.3 is 19.3 Å². The van der Waals surface area contributed by atoms with E-state index in [1.807, 2.05) is 48.5 Å². The van der Waals surface area contributed by atoms with E-state index in [2.05, 4.69) is 22.4 Å². The zero-order valence-electron chi connectivity index (χ0n) is 18.4. The van der Waals surface area contributed by atoms with E-state index in [4.69, 9.17) is 14.0 Å². The van der Waals surface area contributed by atoms with Gasteiger partial charge in [-0.2, -0.15) is 4.98 Å². The first-order valence-corrected chi connectivity index (χ1v) is 10.9. The first kappa shape index (κ1) is 22.1. The number of amides is 1. The van der Waals surface area contributed by atoms with Crippen LogP contribution >= 0.6 is 0 Å². The Bertz CT molecular complexity index is 1170. The average molecular weight is 444 g/mol. The molecule has 1 amide bonds. The molecule has 1 aromatic heterocycles. The smallest absolute Gasteiger partial charge is 0.260 e. The standard InChI is InChI=1S/C26H25N3O4/c1-2-3-17-31-21-15-13-19(14-16-21)25(30)27-23-12-8-7-11-22(23)26-28-24(29-33-26)18-32-20-9-5-4-6-10-20/h4-16H,2-3,17-18H2,1H3,(H,27,30). The van der Waals surface area contributed by atoms with Crippen LogP contribution in [0.1, 0.15) is 35.9 Å². The number of rotatable bonds is 10. The summed E-state index contributed by atoms with van der Waals surface area (Å²) in [5.74, 6) is 1.94. The van der Waals surface area contributed by atoms with Crippen molar-refractivity contribution in [3.63, 3.8) is 0 Å². The van der Waals surface area contributed by atoms with Gasteiger partial charge >= 0.3 is 0 Å². The number of benzene rings is 3. The van der Waals surface area contributed by atoms with Crippen molar-refractivity contribution in [3.05, 3.63) is 90.3 Å². The van der Waals surface area contributed by atoms with Gasteiger partial charge in [0, 0.05) is 5.56 Å². The zero-order chi connectivity index (χ0) is 22.9. The van der Waals surface area contributed by atoms with E-state index in [0.29, 0.717) is 35.1 Å². The number of carbonyl (C=O) groups excluding carboxylic acids is 1. The highest BCUT2D eigenvalue weighted by Gasteiger charge is 2.16. The fraction of sp³-hybridized carbons (Fsp3) is 0.192. The van der Waals surface area contributed by atoms with Gasteiger partial charge in [-0.1, -0.05) is 48.8 Å². The number of nitrogens with zero attached hydrogens (tertiary/aromatic N) is 2. The van der Waals surface area contributed by atoms with Gasteiger partial charge in [-0.3, -0.25) is 4.79 Å². The molecule has 0 saturated carbocycles. The maximum absolute atomic E-state index is 12.8. The Balaban J connectivity index is 1.42. The summed E-state index contributed by atoms with van der Waals surface area (Å²) in [6.45, 7) is 2.95. The Hall–Kier alpha value is -4.13. The molecule has 0 bridgehead atoms. The third kappa shape index (κ3) is 5.98. The first-order valence-electron chi connectivity index (χ1n) is 10.9. The molecule has 0 unspecified atom stereocenters. The van der Waals surface area contributed by atoms with E-state index in [-0.39, 0.29) is 12.5 Å². The van der Waals surface area contributed by atoms with E-state index in [1.165, 1.54) is 0 Å². The van der Waals surface area contributed by atoms with Gasteiger partial charge in [0.05, 0.1) is 17.9 Å². The third-order valence-electron chi connectivity index (χ3n) is 4.87. The van der Waals surface area contributed by atoms with Crippen LogP contribution in [0.15, 0.2) is 83.4 Å². The third-order valence-corrected chi connectivity index (χ3v) is 4.87. The molecule has 3 aromatic carbocycles. The number of ether oxygens (including phenoxy) is 2. The highest BCUT2D eigenvalue weighted by Crippen LogP contribution is 2.27. The van der Waals surface area contributed by atoms with Crippen LogP contribution in [-0.4, -0.2) is 22.7 Å². The normalized spacial score (nSPS) is 10.6. The number of hydrogen-bond donors (Lipinski definition) is 1. The summed E-state index contributed by atoms with van der Waals surface area (Å²) < 4.78 is 16.7. The summed E-state index contributed by atoms with van der Waals surface area (Å²) in [7, 11) is 0. The lowest BCUT2D eigenvalue weighted by Crippen LogP contribution is -2.12. The monoisotopic (exact) mass is 443 g/mol. The average Bonchev–Trinajstić information content (AvgIpc) is 3.33. The predicted octanol–water partition coefficient (Wildman–Crippen LogP) is 5.75. The lowest BCUT2D eigenvalue weighted by atomic mass is 10.1. The van der Waals surface area contributed by atoms with Crippen molar-refractivity contribution in [2.45, 2.75) is 26.4 Å². The highest BCUT2D eigenvalue weighted by molar-refractivity contribution is 6.06. The second-order valence-electron chi connectivity index (χ2n) is 7.34. The molecule has 0 saturated heterocycles. The summed E-state index contributed by atoms with van der Waals surface area (Å²) in [5, 5.41) is 6.91. The lowest BCUT2D eigenvalue weighted by Gasteiger charge is -2.09. The maximum Gasteiger partial charge on any atom is 0.260 e. The molecule has 0 aliphatic heterocycles. The molecule has 0 atom stereocenters. The fourth-order valence-electron chi connectivity index (χ4n) is 3.10. The van der Waals surface area contributed by atoms with Gasteiger partial charge in [-0.15, -0.1) is 0 Å². The van der Waals surface area contributed by atoms with E-state index in [0.717, 1.165) is 24.3 Å². The number of anilines is 1. The fourth-order valence-corrected chi connectivity index (χ4v) is 3.10. The predicted molar refractivity (Wildman–Crippen MR) is 125 cm³/mol. The van der Waals surface area contributed by atoms with E-state index in [9.17, 15) is 4.79 Å². The molecule has 7 nitrogen and oxygen atoms in total. The quantitative estimate of drug-likeness (QED) is 0.314. The number of aromatic nitrogens is 2. The van der Waals surface area contributed by atoms with Crippen molar-refractivity contribution in [1.29, 1.82) is 0 Å². The van der Waals surface area contributed by atoms with Crippen molar-refractivity contribution >= 4 is 11.6 Å². The molecular formula is C26H25N3O4. The molecule has 0 radical (unpaired) electrons. The van der Waals surface area contributed by atoms with Crippen LogP contribution in [0, 0.1) is 0 Å². The Morgan fingerprint density at radius 3 is 2.42 bits per heavy atom. The molecule has 0 aliphatic carbocycles. The molecule has 1 N–H and O–H groups in total. The molecule has 7 heteroatoms. The summed E-state index contributed by atoms with van der Waals surface area (Å²) in [4.78, 5) is 17.2. The van der Waals surface area contributed by atoms with E-state index >= 15 is 0 Å². The molecule has 0 fully saturated rings. The van der Waals surface area contributed by atoms with Crippen molar-refractivity contribution in [2.75, 3.05) is 11.9 Å². The molecular weight excluding hydrogens is 418 g/mol. The molecule has 4 aromatic rings. The van der Waals surface area contributed by atoms with Gasteiger partial charge in [-0.25, -0.2) is 0 Å². The van der Waals surface area contributed by atoms with Crippen molar-refractivity contribution in [2.24, 2.45) is 0 Å². The number of unbranched alkanes of at least 4 members (excludes halogenated alkanes) is 1. The molecule has 168 valence electrons. The summed E-state index contributed by atoms with van der Waals surface area (Å²) in [5.41, 5.74) is 1.73. The highest BCUT2D eigenvalue weighted by atomic mass is 16.5. The van der Waals surface area contributed by atoms with E-state index in [1.54, 1.807) is 30.3 Å². The minimum atomic E-state index is -0.241. The van der Waals surface area contributed by atoms with Crippen LogP contribution in [0.2, 0.25) is 0 Å². The second kappa shape index (κ2) is 10.9. The second-order valence-corrected chi connectivity index (χ2v) is 7.34. The minimum absolute atomic E-state index is 0.175. The molecule has 1 heterocycles. The number of hydrogen-bond acceptors (Lipinski definition) is 6. The Morgan fingerprint density at radius 1 is 0.909 bits per heavy atom. The summed E-state index contributed by atoms with van der Waals surface area (Å²) in [6.07, 6.45) is 2.07. The van der Waals surface area contributed by atoms with Crippen LogP contribution < -0.4 is 14.8 Å². The van der Waals surface area contributed by atoms with Crippen LogP contribution in [0.25, 0.3) is 11.5 Å². The molecule has 33 heavy (non-hydrogen) atoms. The van der Waals surface area contributed by atoms with Crippen molar-refractivity contribution < 1.29 is 18.8 Å². The van der Waals surface area contributed by atoms with Crippen molar-refractivity contribution in [3.8, 4) is 23.0 Å². The van der Waals surface area contributed by atoms with Crippen LogP contribution in [0.4, 0.5) is 5.69 Å². The van der Waals surface area contributed by atoms with Gasteiger partial charge in [0.25, 0.3) is 11.8 Å². The van der Waals surface area contributed by atoms with Gasteiger partial charge in [0.1, 0.15) is 11.5 Å². The minimum Gasteiger partial charge on any atom is -0.494 e. The Kier molecular flexibility index (Phi) is 7.33. The Labute approximate surface area is 192 Å². The topological polar surface area (TPSA) is 86.5 Å². The van der Waals surface area contributed by atoms with Crippen LogP contribution in [-0.2, 0) is 6.61 Å². The molecule has 0 aliphatic rings. The molecule has 0 spiro atoms. The maximum atomic E-state index is 12.8. The number of para-hydroxylation sites is 2. The van der Waals surface area contributed by atoms with Gasteiger partial charge in [0.2, 0.25) is 5.82 Å². The SMILES string of the molecule is CCCCOc1ccc(C(=O)Nc2ccccc2-c2nc(COc3ccccc3)no2)cc1. The molecule has 4 rings (SSSR count). The van der Waals surface area contributed by atoms with E-state index < -0.39 is 0 Å². The zero-order valence-corrected chi connectivity index (χ0v) is 18.4. The largest absolute Gasteiger partial charge is 0.494 e. The van der Waals surface area contributed by atoms with Gasteiger partial charge in [-0.05, 0) is 55.0 Å². The van der Waals surface area contributed by atoms with Gasteiger partial charge in [0.15, 0.2) is 6.61 Å². The number of nitrogens with one attached hydrogen (secondary N) is 1. The van der Waals surface area contributed by atoms with Crippen LogP contribution in [0.3, 0.4) is 0 Å². The Morgan fingerprint density at radius 2 is 1.64 bits per heavy atom. The summed E-state index contributed by atoms with van der Waals surface area (Å²) in [6, 6.07) is 23.8. The van der Waals surface area contributed by atoms with Crippen LogP contribution in [0.5, 0.6) is 11.5 Å². The number of carbonyl (C=O) groups is 1.